The number of benzene rings is 1. The third-order valence-electron chi connectivity index (χ3n) is 2.49. The molecule has 0 aliphatic rings. The quantitative estimate of drug-likeness (QED) is 0.697. The van der Waals surface area contributed by atoms with E-state index in [9.17, 15) is 19.8 Å². The Bertz CT molecular complexity index is 507. The summed E-state index contributed by atoms with van der Waals surface area (Å²) in [6.45, 7) is 5.13. The van der Waals surface area contributed by atoms with Crippen molar-refractivity contribution in [1.29, 1.82) is 0 Å². The summed E-state index contributed by atoms with van der Waals surface area (Å²) in [4.78, 5) is 23.0. The first kappa shape index (κ1) is 16.1. The van der Waals surface area contributed by atoms with Crippen molar-refractivity contribution in [2.75, 3.05) is 0 Å². The number of esters is 1. The molecule has 0 radical (unpaired) electrons. The van der Waals surface area contributed by atoms with Crippen LogP contribution in [-0.2, 0) is 9.53 Å². The molecule has 2 atom stereocenters. The number of nitrogens with two attached hydrogens (primary N) is 1. The molecule has 0 saturated carbocycles. The lowest BCUT2D eigenvalue weighted by Gasteiger charge is -2.22. The average molecular weight is 281 g/mol. The van der Waals surface area contributed by atoms with Gasteiger partial charge in [-0.05, 0) is 32.4 Å². The maximum atomic E-state index is 12.0. The standard InChI is InChI=1S/C14H19NO5/c1-14(2,3)20-13(19)9-7-5-4-6-8(9)10(16)11(17)12(15)18/h4-7,10-11,16-17H,1-3H3,(H2,15,18). The van der Waals surface area contributed by atoms with Crippen molar-refractivity contribution < 1.29 is 24.5 Å². The molecule has 20 heavy (non-hydrogen) atoms. The molecule has 1 aromatic carbocycles. The van der Waals surface area contributed by atoms with Gasteiger partial charge < -0.3 is 20.7 Å². The summed E-state index contributed by atoms with van der Waals surface area (Å²) in [5.74, 6) is -1.72. The molecule has 0 fully saturated rings. The van der Waals surface area contributed by atoms with Crippen LogP contribution in [0.4, 0.5) is 0 Å². The number of primary amides is 1. The van der Waals surface area contributed by atoms with E-state index in [0.29, 0.717) is 0 Å². The number of ether oxygens (including phenoxy) is 1. The fourth-order valence-electron chi connectivity index (χ4n) is 1.60. The summed E-state index contributed by atoms with van der Waals surface area (Å²) in [6, 6.07) is 6.03. The van der Waals surface area contributed by atoms with E-state index < -0.39 is 29.7 Å². The van der Waals surface area contributed by atoms with E-state index >= 15 is 0 Å². The predicted molar refractivity (Wildman–Crippen MR) is 71.8 cm³/mol. The topological polar surface area (TPSA) is 110 Å². The number of rotatable bonds is 4. The van der Waals surface area contributed by atoms with Crippen LogP contribution in [0.2, 0.25) is 0 Å². The Morgan fingerprint density at radius 2 is 1.75 bits per heavy atom. The molecular weight excluding hydrogens is 262 g/mol. The lowest BCUT2D eigenvalue weighted by molar-refractivity contribution is -0.132. The fraction of sp³-hybridized carbons (Fsp3) is 0.429. The molecule has 4 N–H and O–H groups in total. The van der Waals surface area contributed by atoms with Crippen LogP contribution in [-0.4, -0.2) is 33.8 Å². The Morgan fingerprint density at radius 3 is 2.25 bits per heavy atom. The van der Waals surface area contributed by atoms with Gasteiger partial charge in [-0.15, -0.1) is 0 Å². The largest absolute Gasteiger partial charge is 0.456 e. The summed E-state index contributed by atoms with van der Waals surface area (Å²) in [7, 11) is 0. The molecule has 0 aromatic heterocycles. The van der Waals surface area contributed by atoms with Crippen LogP contribution in [0.15, 0.2) is 24.3 Å². The van der Waals surface area contributed by atoms with Crippen molar-refractivity contribution >= 4 is 11.9 Å². The molecule has 0 saturated heterocycles. The lowest BCUT2D eigenvalue weighted by Crippen LogP contribution is -2.35. The molecular formula is C14H19NO5. The minimum Gasteiger partial charge on any atom is -0.456 e. The molecule has 0 aliphatic carbocycles. The van der Waals surface area contributed by atoms with E-state index in [1.54, 1.807) is 32.9 Å². The Hall–Kier alpha value is -1.92. The van der Waals surface area contributed by atoms with Crippen LogP contribution < -0.4 is 5.73 Å². The van der Waals surface area contributed by atoms with E-state index in [1.807, 2.05) is 0 Å². The highest BCUT2D eigenvalue weighted by Crippen LogP contribution is 2.23. The van der Waals surface area contributed by atoms with Crippen LogP contribution in [0.5, 0.6) is 0 Å². The molecule has 1 aromatic rings. The zero-order valence-corrected chi connectivity index (χ0v) is 11.7. The number of amides is 1. The van der Waals surface area contributed by atoms with Gasteiger partial charge in [0.1, 0.15) is 11.7 Å². The first-order valence-electron chi connectivity index (χ1n) is 6.11. The Balaban J connectivity index is 3.11. The molecule has 2 unspecified atom stereocenters. The summed E-state index contributed by atoms with van der Waals surface area (Å²) >= 11 is 0. The van der Waals surface area contributed by atoms with E-state index in [-0.39, 0.29) is 11.1 Å². The Labute approximate surface area is 117 Å². The summed E-state index contributed by atoms with van der Waals surface area (Å²) in [5.41, 5.74) is 4.41. The Kier molecular flexibility index (Phi) is 4.86. The number of hydrogen-bond donors (Lipinski definition) is 3. The first-order valence-corrected chi connectivity index (χ1v) is 6.11. The summed E-state index contributed by atoms with van der Waals surface area (Å²) in [5, 5.41) is 19.4. The van der Waals surface area contributed by atoms with Crippen LogP contribution in [0.25, 0.3) is 0 Å². The van der Waals surface area contributed by atoms with Crippen LogP contribution >= 0.6 is 0 Å². The van der Waals surface area contributed by atoms with Crippen LogP contribution in [0.1, 0.15) is 42.8 Å². The van der Waals surface area contributed by atoms with Gasteiger partial charge in [-0.3, -0.25) is 4.79 Å². The zero-order chi connectivity index (χ0) is 15.5. The first-order chi connectivity index (χ1) is 9.13. The zero-order valence-electron chi connectivity index (χ0n) is 11.7. The normalized spacial score (nSPS) is 14.4. The average Bonchev–Trinajstić information content (AvgIpc) is 2.34. The number of aliphatic hydroxyl groups is 2. The highest BCUT2D eigenvalue weighted by atomic mass is 16.6. The van der Waals surface area contributed by atoms with Gasteiger partial charge in [-0.2, -0.15) is 0 Å². The highest BCUT2D eigenvalue weighted by Gasteiger charge is 2.28. The summed E-state index contributed by atoms with van der Waals surface area (Å²) in [6.07, 6.45) is -3.38. The monoisotopic (exact) mass is 281 g/mol. The molecule has 0 heterocycles. The maximum Gasteiger partial charge on any atom is 0.339 e. The van der Waals surface area contributed by atoms with E-state index in [2.05, 4.69) is 0 Å². The number of carbonyl (C=O) groups excluding carboxylic acids is 2. The number of carbonyl (C=O) groups is 2. The minimum absolute atomic E-state index is 0.0789. The predicted octanol–water partition coefficient (Wildman–Crippen LogP) is 0.522. The van der Waals surface area contributed by atoms with Gasteiger partial charge in [0.15, 0.2) is 6.10 Å². The molecule has 6 heteroatoms. The lowest BCUT2D eigenvalue weighted by atomic mass is 9.98. The molecule has 1 amide bonds. The molecule has 0 spiro atoms. The van der Waals surface area contributed by atoms with E-state index in [4.69, 9.17) is 10.5 Å². The second-order valence-electron chi connectivity index (χ2n) is 5.38. The van der Waals surface area contributed by atoms with Crippen molar-refractivity contribution in [3.05, 3.63) is 35.4 Å². The molecule has 0 aliphatic heterocycles. The van der Waals surface area contributed by atoms with Crippen LogP contribution in [0, 0.1) is 0 Å². The van der Waals surface area contributed by atoms with Crippen molar-refractivity contribution in [3.63, 3.8) is 0 Å². The van der Waals surface area contributed by atoms with Gasteiger partial charge in [0.25, 0.3) is 0 Å². The minimum atomic E-state index is -1.79. The van der Waals surface area contributed by atoms with Crippen molar-refractivity contribution in [2.45, 2.75) is 38.6 Å². The maximum absolute atomic E-state index is 12.0. The van der Waals surface area contributed by atoms with E-state index in [0.717, 1.165) is 0 Å². The van der Waals surface area contributed by atoms with Gasteiger partial charge in [0.05, 0.1) is 5.56 Å². The van der Waals surface area contributed by atoms with Crippen molar-refractivity contribution in [1.82, 2.24) is 0 Å². The molecule has 1 rings (SSSR count). The molecule has 110 valence electrons. The third kappa shape index (κ3) is 4.04. The Morgan fingerprint density at radius 1 is 1.20 bits per heavy atom. The summed E-state index contributed by atoms with van der Waals surface area (Å²) < 4.78 is 5.21. The van der Waals surface area contributed by atoms with Crippen molar-refractivity contribution in [2.24, 2.45) is 5.73 Å². The van der Waals surface area contributed by atoms with Gasteiger partial charge in [-0.1, -0.05) is 18.2 Å². The highest BCUT2D eigenvalue weighted by molar-refractivity contribution is 5.92. The van der Waals surface area contributed by atoms with Gasteiger partial charge >= 0.3 is 5.97 Å². The molecule has 6 nitrogen and oxygen atoms in total. The fourth-order valence-corrected chi connectivity index (χ4v) is 1.60. The van der Waals surface area contributed by atoms with Gasteiger partial charge in [0.2, 0.25) is 5.91 Å². The van der Waals surface area contributed by atoms with Gasteiger partial charge in [-0.25, -0.2) is 4.79 Å². The SMILES string of the molecule is CC(C)(C)OC(=O)c1ccccc1C(O)C(O)C(N)=O. The van der Waals surface area contributed by atoms with Crippen LogP contribution in [0.3, 0.4) is 0 Å². The third-order valence-corrected chi connectivity index (χ3v) is 2.49. The van der Waals surface area contributed by atoms with Crippen molar-refractivity contribution in [3.8, 4) is 0 Å². The van der Waals surface area contributed by atoms with Gasteiger partial charge in [0, 0.05) is 0 Å². The molecule has 0 bridgehead atoms. The smallest absolute Gasteiger partial charge is 0.339 e. The second-order valence-corrected chi connectivity index (χ2v) is 5.38. The second kappa shape index (κ2) is 6.02. The number of hydrogen-bond acceptors (Lipinski definition) is 5. The van der Waals surface area contributed by atoms with E-state index in [1.165, 1.54) is 12.1 Å². The number of aliphatic hydroxyl groups excluding tert-OH is 2.